The average molecular weight is 465 g/mol. The number of anilines is 1. The highest BCUT2D eigenvalue weighted by Crippen LogP contribution is 2.34. The van der Waals surface area contributed by atoms with Crippen LogP contribution >= 0.6 is 34.4 Å². The number of esters is 1. The van der Waals surface area contributed by atoms with Crippen molar-refractivity contribution in [1.29, 1.82) is 0 Å². The zero-order valence-electron chi connectivity index (χ0n) is 17.5. The lowest BCUT2D eigenvalue weighted by Gasteiger charge is -2.14. The first kappa shape index (κ1) is 22.5. The van der Waals surface area contributed by atoms with Crippen molar-refractivity contribution in [3.05, 3.63) is 32.8 Å². The van der Waals surface area contributed by atoms with Crippen molar-refractivity contribution >= 4 is 51.3 Å². The van der Waals surface area contributed by atoms with Gasteiger partial charge in [-0.15, -0.1) is 32.9 Å². The SMILES string of the molecule is CCc1c(-c2nnc(SCC(=O)Nc3sccc3C(=O)OC)n2C(C)C)csc1C. The Bertz CT molecular complexity index is 1050. The predicted molar refractivity (Wildman–Crippen MR) is 123 cm³/mol. The first-order chi connectivity index (χ1) is 14.4. The number of carbonyl (C=O) groups excluding carboxylic acids is 2. The second kappa shape index (κ2) is 9.76. The van der Waals surface area contributed by atoms with Crippen molar-refractivity contribution < 1.29 is 14.3 Å². The van der Waals surface area contributed by atoms with Crippen LogP contribution in [-0.2, 0) is 16.0 Å². The van der Waals surface area contributed by atoms with Crippen LogP contribution in [0.2, 0.25) is 0 Å². The summed E-state index contributed by atoms with van der Waals surface area (Å²) in [6.45, 7) is 8.42. The van der Waals surface area contributed by atoms with Crippen LogP contribution in [-0.4, -0.2) is 39.5 Å². The molecular weight excluding hydrogens is 440 g/mol. The molecule has 0 aliphatic heterocycles. The Balaban J connectivity index is 1.76. The van der Waals surface area contributed by atoms with Crippen LogP contribution in [0.25, 0.3) is 11.4 Å². The standard InChI is InChI=1S/C20H24N4O3S3/c1-6-13-12(4)29-9-15(13)17-22-23-20(24(17)11(2)3)30-10-16(25)21-18-14(7-8-28-18)19(26)27-5/h7-9,11H,6,10H2,1-5H3,(H,21,25). The van der Waals surface area contributed by atoms with Gasteiger partial charge in [-0.25, -0.2) is 4.79 Å². The van der Waals surface area contributed by atoms with Crippen molar-refractivity contribution in [2.24, 2.45) is 0 Å². The van der Waals surface area contributed by atoms with Gasteiger partial charge < -0.3 is 10.1 Å². The van der Waals surface area contributed by atoms with Crippen LogP contribution in [0.15, 0.2) is 22.0 Å². The van der Waals surface area contributed by atoms with E-state index < -0.39 is 5.97 Å². The molecular formula is C20H24N4O3S3. The molecule has 3 rings (SSSR count). The smallest absolute Gasteiger partial charge is 0.340 e. The van der Waals surface area contributed by atoms with Gasteiger partial charge in [0, 0.05) is 21.9 Å². The largest absolute Gasteiger partial charge is 0.465 e. The normalized spacial score (nSPS) is 11.1. The first-order valence-electron chi connectivity index (χ1n) is 9.48. The molecule has 0 unspecified atom stereocenters. The number of carbonyl (C=O) groups is 2. The highest BCUT2D eigenvalue weighted by molar-refractivity contribution is 7.99. The molecule has 160 valence electrons. The third kappa shape index (κ3) is 4.60. The molecule has 0 saturated heterocycles. The number of ether oxygens (including phenoxy) is 1. The molecule has 0 aliphatic rings. The minimum absolute atomic E-state index is 0.147. The van der Waals surface area contributed by atoms with Crippen LogP contribution in [0.1, 0.15) is 47.6 Å². The fraction of sp³-hybridized carbons (Fsp3) is 0.400. The number of nitrogens with zero attached hydrogens (tertiary/aromatic N) is 3. The second-order valence-electron chi connectivity index (χ2n) is 6.80. The van der Waals surface area contributed by atoms with Crippen molar-refractivity contribution in [2.45, 2.75) is 45.3 Å². The molecule has 7 nitrogen and oxygen atoms in total. The Kier molecular flexibility index (Phi) is 7.32. The summed E-state index contributed by atoms with van der Waals surface area (Å²) in [6.07, 6.45) is 0.934. The van der Waals surface area contributed by atoms with E-state index >= 15 is 0 Å². The fourth-order valence-corrected chi connectivity index (χ4v) is 5.70. The zero-order chi connectivity index (χ0) is 21.8. The quantitative estimate of drug-likeness (QED) is 0.371. The number of aromatic nitrogens is 3. The third-order valence-electron chi connectivity index (χ3n) is 4.53. The summed E-state index contributed by atoms with van der Waals surface area (Å²) in [4.78, 5) is 25.5. The molecule has 0 fully saturated rings. The highest BCUT2D eigenvalue weighted by Gasteiger charge is 2.22. The Morgan fingerprint density at radius 3 is 2.73 bits per heavy atom. The van der Waals surface area contributed by atoms with Gasteiger partial charge in [0.1, 0.15) is 5.00 Å². The number of aryl methyl sites for hydroxylation is 1. The summed E-state index contributed by atoms with van der Waals surface area (Å²) < 4.78 is 6.82. The van der Waals surface area contributed by atoms with Gasteiger partial charge in [0.05, 0.1) is 18.4 Å². The van der Waals surface area contributed by atoms with Crippen molar-refractivity contribution in [3.8, 4) is 11.4 Å². The summed E-state index contributed by atoms with van der Waals surface area (Å²) in [6, 6.07) is 1.78. The maximum Gasteiger partial charge on any atom is 0.340 e. The van der Waals surface area contributed by atoms with Gasteiger partial charge in [-0.1, -0.05) is 18.7 Å². The van der Waals surface area contributed by atoms with E-state index in [0.717, 1.165) is 17.8 Å². The van der Waals surface area contributed by atoms with Gasteiger partial charge in [0.25, 0.3) is 0 Å². The first-order valence-corrected chi connectivity index (χ1v) is 12.2. The Labute approximate surface area is 187 Å². The molecule has 3 aromatic rings. The molecule has 0 radical (unpaired) electrons. The van der Waals surface area contributed by atoms with Crippen LogP contribution in [0.5, 0.6) is 0 Å². The summed E-state index contributed by atoms with van der Waals surface area (Å²) in [5, 5.41) is 16.6. The second-order valence-corrected chi connectivity index (χ2v) is 9.74. The topological polar surface area (TPSA) is 86.1 Å². The molecule has 1 amide bonds. The molecule has 0 aliphatic carbocycles. The van der Waals surface area contributed by atoms with E-state index in [0.29, 0.717) is 15.7 Å². The summed E-state index contributed by atoms with van der Waals surface area (Å²) in [7, 11) is 1.32. The van der Waals surface area contributed by atoms with E-state index in [4.69, 9.17) is 4.74 Å². The minimum atomic E-state index is -0.471. The maximum absolute atomic E-state index is 12.5. The van der Waals surface area contributed by atoms with E-state index in [1.807, 2.05) is 0 Å². The van der Waals surface area contributed by atoms with Crippen molar-refractivity contribution in [2.75, 3.05) is 18.2 Å². The van der Waals surface area contributed by atoms with Crippen molar-refractivity contribution in [3.63, 3.8) is 0 Å². The number of thioether (sulfide) groups is 1. The Hall–Kier alpha value is -2.17. The van der Waals surface area contributed by atoms with E-state index in [1.54, 1.807) is 22.8 Å². The lowest BCUT2D eigenvalue weighted by Crippen LogP contribution is -2.16. The fourth-order valence-electron chi connectivity index (χ4n) is 3.10. The maximum atomic E-state index is 12.5. The molecule has 10 heteroatoms. The van der Waals surface area contributed by atoms with Gasteiger partial charge in [-0.3, -0.25) is 9.36 Å². The lowest BCUT2D eigenvalue weighted by atomic mass is 10.1. The van der Waals surface area contributed by atoms with Crippen LogP contribution in [0, 0.1) is 6.92 Å². The van der Waals surface area contributed by atoms with Crippen molar-refractivity contribution in [1.82, 2.24) is 14.8 Å². The van der Waals surface area contributed by atoms with Crippen LogP contribution in [0.4, 0.5) is 5.00 Å². The molecule has 0 spiro atoms. The van der Waals surface area contributed by atoms with Crippen LogP contribution in [0.3, 0.4) is 0 Å². The molecule has 3 heterocycles. The van der Waals surface area contributed by atoms with Gasteiger partial charge in [0.2, 0.25) is 5.91 Å². The number of hydrogen-bond acceptors (Lipinski definition) is 8. The highest BCUT2D eigenvalue weighted by atomic mass is 32.2. The van der Waals surface area contributed by atoms with Crippen LogP contribution < -0.4 is 5.32 Å². The molecule has 0 aromatic carbocycles. The summed E-state index contributed by atoms with van der Waals surface area (Å²) in [5.41, 5.74) is 2.75. The van der Waals surface area contributed by atoms with E-state index in [9.17, 15) is 9.59 Å². The molecule has 3 aromatic heterocycles. The molecule has 1 N–H and O–H groups in total. The number of thiophene rings is 2. The lowest BCUT2D eigenvalue weighted by molar-refractivity contribution is -0.113. The van der Waals surface area contributed by atoms with E-state index in [2.05, 4.69) is 53.2 Å². The molecule has 0 saturated carbocycles. The monoisotopic (exact) mass is 464 g/mol. The van der Waals surface area contributed by atoms with E-state index in [-0.39, 0.29) is 17.7 Å². The number of amides is 1. The van der Waals surface area contributed by atoms with Gasteiger partial charge in [-0.05, 0) is 44.2 Å². The molecule has 0 atom stereocenters. The van der Waals surface area contributed by atoms with Gasteiger partial charge in [0.15, 0.2) is 11.0 Å². The van der Waals surface area contributed by atoms with Gasteiger partial charge >= 0.3 is 5.97 Å². The van der Waals surface area contributed by atoms with E-state index in [1.165, 1.54) is 40.6 Å². The number of nitrogens with one attached hydrogen (secondary N) is 1. The minimum Gasteiger partial charge on any atom is -0.465 e. The average Bonchev–Trinajstić information content (AvgIpc) is 3.43. The third-order valence-corrected chi connectivity index (χ3v) is 7.26. The summed E-state index contributed by atoms with van der Waals surface area (Å²) in [5.74, 6) is 0.307. The summed E-state index contributed by atoms with van der Waals surface area (Å²) >= 11 is 4.33. The van der Waals surface area contributed by atoms with Gasteiger partial charge in [-0.2, -0.15) is 0 Å². The zero-order valence-corrected chi connectivity index (χ0v) is 20.0. The molecule has 30 heavy (non-hydrogen) atoms. The molecule has 0 bridgehead atoms. The Morgan fingerprint density at radius 2 is 2.07 bits per heavy atom. The predicted octanol–water partition coefficient (Wildman–Crippen LogP) is 5.04. The number of methoxy groups -OCH3 is 1. The Morgan fingerprint density at radius 1 is 1.30 bits per heavy atom. The number of rotatable bonds is 8. The number of hydrogen-bond donors (Lipinski definition) is 1.